The lowest BCUT2D eigenvalue weighted by molar-refractivity contribution is -0.121. The van der Waals surface area contributed by atoms with E-state index in [9.17, 15) is 4.79 Å². The Kier molecular flexibility index (Phi) is 1.56. The third kappa shape index (κ3) is 0.957. The van der Waals surface area contributed by atoms with Crippen molar-refractivity contribution in [1.82, 2.24) is 10.4 Å². The lowest BCUT2D eigenvalue weighted by Gasteiger charge is -2.43. The van der Waals surface area contributed by atoms with Crippen molar-refractivity contribution in [3.63, 3.8) is 0 Å². The first kappa shape index (κ1) is 8.68. The van der Waals surface area contributed by atoms with E-state index in [1.165, 1.54) is 0 Å². The minimum absolute atomic E-state index is 0.240. The van der Waals surface area contributed by atoms with Gasteiger partial charge in [0, 0.05) is 11.8 Å². The Bertz CT molecular complexity index is 452. The molecule has 15 heavy (non-hydrogen) atoms. The number of rotatable bonds is 1. The maximum Gasteiger partial charge on any atom is 0.179 e. The van der Waals surface area contributed by atoms with Crippen LogP contribution in [0.1, 0.15) is 12.5 Å². The van der Waals surface area contributed by atoms with Gasteiger partial charge in [0.1, 0.15) is 5.54 Å². The molecule has 2 aliphatic heterocycles. The number of carbonyl (C=O) groups excluding carboxylic acids is 1. The van der Waals surface area contributed by atoms with Crippen LogP contribution in [0.5, 0.6) is 0 Å². The quantitative estimate of drug-likeness (QED) is 0.739. The predicted octanol–water partition coefficient (Wildman–Crippen LogP) is 1.19. The van der Waals surface area contributed by atoms with Crippen LogP contribution in [0.4, 0.5) is 0 Å². The molecule has 0 radical (unpaired) electrons. The molecule has 0 spiro atoms. The van der Waals surface area contributed by atoms with Crippen molar-refractivity contribution in [1.29, 1.82) is 0 Å². The minimum Gasteiger partial charge on any atom is -0.297 e. The standard InChI is InChI=1S/C12H12N2O/c1-12-10(9-5-3-2-4-6-9)8-14(12)13-7-11(12)15/h2-6,8,13H,7H2,1H3. The lowest BCUT2D eigenvalue weighted by atomic mass is 9.79. The first-order valence-corrected chi connectivity index (χ1v) is 5.07. The van der Waals surface area contributed by atoms with E-state index in [0.717, 1.165) is 11.1 Å². The minimum atomic E-state index is -0.443. The van der Waals surface area contributed by atoms with Crippen LogP contribution in [-0.4, -0.2) is 22.9 Å². The third-order valence-electron chi connectivity index (χ3n) is 3.30. The van der Waals surface area contributed by atoms with Gasteiger partial charge in [-0.15, -0.1) is 0 Å². The van der Waals surface area contributed by atoms with Crippen LogP contribution in [0.3, 0.4) is 0 Å². The predicted molar refractivity (Wildman–Crippen MR) is 57.7 cm³/mol. The van der Waals surface area contributed by atoms with Gasteiger partial charge in [-0.1, -0.05) is 30.3 Å². The van der Waals surface area contributed by atoms with Crippen LogP contribution >= 0.6 is 0 Å². The SMILES string of the molecule is CC12C(=O)CNN1C=C2c1ccccc1. The number of ketones is 1. The molecule has 1 aromatic rings. The molecule has 3 heteroatoms. The van der Waals surface area contributed by atoms with Crippen LogP contribution in [0.15, 0.2) is 36.5 Å². The Morgan fingerprint density at radius 2 is 2.07 bits per heavy atom. The fraction of sp³-hybridized carbons (Fsp3) is 0.250. The maximum atomic E-state index is 11.8. The molecule has 0 aromatic heterocycles. The second kappa shape index (κ2) is 2.70. The summed E-state index contributed by atoms with van der Waals surface area (Å²) in [5, 5.41) is 1.90. The molecule has 0 aliphatic carbocycles. The number of fused-ring (bicyclic) bond motifs is 1. The molecule has 1 N–H and O–H groups in total. The Morgan fingerprint density at radius 1 is 1.33 bits per heavy atom. The molecule has 1 aromatic carbocycles. The van der Waals surface area contributed by atoms with Crippen molar-refractivity contribution >= 4 is 11.4 Å². The summed E-state index contributed by atoms with van der Waals surface area (Å²) in [4.78, 5) is 11.8. The van der Waals surface area contributed by atoms with Gasteiger partial charge in [0.2, 0.25) is 0 Å². The third-order valence-corrected chi connectivity index (χ3v) is 3.30. The number of Topliss-reactive ketones (excluding diaryl/α,β-unsaturated/α-hetero) is 1. The summed E-state index contributed by atoms with van der Waals surface area (Å²) in [6.45, 7) is 2.40. The van der Waals surface area contributed by atoms with E-state index >= 15 is 0 Å². The molecule has 1 saturated heterocycles. The van der Waals surface area contributed by atoms with Gasteiger partial charge in [0.15, 0.2) is 5.78 Å². The lowest BCUT2D eigenvalue weighted by Crippen LogP contribution is -2.53. The Labute approximate surface area is 88.4 Å². The molecule has 0 amide bonds. The van der Waals surface area contributed by atoms with Gasteiger partial charge < -0.3 is 0 Å². The first-order valence-electron chi connectivity index (χ1n) is 5.07. The van der Waals surface area contributed by atoms with Gasteiger partial charge in [0.25, 0.3) is 0 Å². The highest BCUT2D eigenvalue weighted by molar-refractivity contribution is 6.07. The second-order valence-corrected chi connectivity index (χ2v) is 4.11. The monoisotopic (exact) mass is 200 g/mol. The molecule has 1 unspecified atom stereocenters. The Hall–Kier alpha value is -1.61. The Morgan fingerprint density at radius 3 is 2.73 bits per heavy atom. The number of nitrogens with zero attached hydrogens (tertiary/aromatic N) is 1. The number of hydrogen-bond donors (Lipinski definition) is 1. The average molecular weight is 200 g/mol. The highest BCUT2D eigenvalue weighted by atomic mass is 16.1. The number of hydrogen-bond acceptors (Lipinski definition) is 3. The molecule has 3 nitrogen and oxygen atoms in total. The van der Waals surface area contributed by atoms with Crippen LogP contribution in [0, 0.1) is 0 Å². The summed E-state index contributed by atoms with van der Waals surface area (Å²) >= 11 is 0. The first-order chi connectivity index (χ1) is 7.23. The smallest absolute Gasteiger partial charge is 0.179 e. The number of benzene rings is 1. The summed E-state index contributed by atoms with van der Waals surface area (Å²) in [6.07, 6.45) is 2.00. The zero-order valence-corrected chi connectivity index (χ0v) is 8.53. The largest absolute Gasteiger partial charge is 0.297 e. The zero-order valence-electron chi connectivity index (χ0n) is 8.53. The van der Waals surface area contributed by atoms with E-state index in [2.05, 4.69) is 5.43 Å². The molecule has 1 atom stereocenters. The van der Waals surface area contributed by atoms with Gasteiger partial charge >= 0.3 is 0 Å². The van der Waals surface area contributed by atoms with Crippen molar-refractivity contribution in [3.05, 3.63) is 42.1 Å². The van der Waals surface area contributed by atoms with E-state index in [-0.39, 0.29) is 5.78 Å². The van der Waals surface area contributed by atoms with E-state index in [1.54, 1.807) is 0 Å². The zero-order chi connectivity index (χ0) is 10.5. The van der Waals surface area contributed by atoms with Crippen molar-refractivity contribution in [2.24, 2.45) is 0 Å². The van der Waals surface area contributed by atoms with Crippen LogP contribution in [-0.2, 0) is 4.79 Å². The van der Waals surface area contributed by atoms with Crippen molar-refractivity contribution in [2.45, 2.75) is 12.5 Å². The highest BCUT2D eigenvalue weighted by Gasteiger charge is 2.52. The van der Waals surface area contributed by atoms with E-state index < -0.39 is 5.54 Å². The molecule has 0 bridgehead atoms. The summed E-state index contributed by atoms with van der Waals surface area (Å²) in [5.74, 6) is 0.240. The summed E-state index contributed by atoms with van der Waals surface area (Å²) in [6, 6.07) is 10.1. The van der Waals surface area contributed by atoms with Gasteiger partial charge in [-0.05, 0) is 12.5 Å². The fourth-order valence-electron chi connectivity index (χ4n) is 2.24. The Balaban J connectivity index is 2.05. The maximum absolute atomic E-state index is 11.8. The summed E-state index contributed by atoms with van der Waals surface area (Å²) in [7, 11) is 0. The highest BCUT2D eigenvalue weighted by Crippen LogP contribution is 2.43. The topological polar surface area (TPSA) is 32.3 Å². The van der Waals surface area contributed by atoms with E-state index in [1.807, 2.05) is 48.5 Å². The molecular formula is C12H12N2O. The van der Waals surface area contributed by atoms with Gasteiger partial charge in [0.05, 0.1) is 6.54 Å². The fourth-order valence-corrected chi connectivity index (χ4v) is 2.24. The van der Waals surface area contributed by atoms with Crippen molar-refractivity contribution in [2.75, 3.05) is 6.54 Å². The molecule has 1 fully saturated rings. The average Bonchev–Trinajstić information content (AvgIpc) is 2.46. The number of carbonyl (C=O) groups is 1. The summed E-state index contributed by atoms with van der Waals surface area (Å²) < 4.78 is 0. The van der Waals surface area contributed by atoms with Crippen LogP contribution in [0.25, 0.3) is 5.57 Å². The van der Waals surface area contributed by atoms with Gasteiger partial charge in [-0.3, -0.25) is 9.80 Å². The van der Waals surface area contributed by atoms with Gasteiger partial charge in [-0.25, -0.2) is 5.43 Å². The van der Waals surface area contributed by atoms with Crippen molar-refractivity contribution in [3.8, 4) is 0 Å². The van der Waals surface area contributed by atoms with Crippen LogP contribution in [0.2, 0.25) is 0 Å². The number of nitrogens with one attached hydrogen (secondary N) is 1. The molecule has 2 aliphatic rings. The van der Waals surface area contributed by atoms with E-state index in [0.29, 0.717) is 6.54 Å². The summed E-state index contributed by atoms with van der Waals surface area (Å²) in [5.41, 5.74) is 4.85. The molecule has 0 saturated carbocycles. The molecule has 76 valence electrons. The van der Waals surface area contributed by atoms with Gasteiger partial charge in [-0.2, -0.15) is 0 Å². The molecule has 3 rings (SSSR count). The normalized spacial score (nSPS) is 28.5. The molecule has 2 heterocycles. The molecular weight excluding hydrogens is 188 g/mol. The van der Waals surface area contributed by atoms with Crippen molar-refractivity contribution < 1.29 is 4.79 Å². The second-order valence-electron chi connectivity index (χ2n) is 4.11. The van der Waals surface area contributed by atoms with Crippen LogP contribution < -0.4 is 5.43 Å². The number of hydrazine groups is 1. The van der Waals surface area contributed by atoms with E-state index in [4.69, 9.17) is 0 Å².